The van der Waals surface area contributed by atoms with Crippen LogP contribution in [0.1, 0.15) is 31.7 Å². The molecule has 0 saturated heterocycles. The number of benzene rings is 1. The Kier molecular flexibility index (Phi) is 6.22. The Morgan fingerprint density at radius 2 is 2.17 bits per heavy atom. The molecule has 0 aliphatic heterocycles. The number of carboxylic acid groups (broad SMARTS) is 1. The minimum absolute atomic E-state index is 0.244. The Morgan fingerprint density at radius 1 is 1.39 bits per heavy atom. The highest BCUT2D eigenvalue weighted by atomic mass is 16.4. The van der Waals surface area contributed by atoms with E-state index in [0.29, 0.717) is 5.92 Å². The van der Waals surface area contributed by atoms with Crippen molar-refractivity contribution < 1.29 is 15.0 Å². The third-order valence-electron chi connectivity index (χ3n) is 2.90. The normalized spacial score (nSPS) is 12.3. The van der Waals surface area contributed by atoms with Gasteiger partial charge in [0.1, 0.15) is 5.75 Å². The van der Waals surface area contributed by atoms with E-state index < -0.39 is 5.97 Å². The van der Waals surface area contributed by atoms with Crippen LogP contribution in [0.2, 0.25) is 0 Å². The van der Waals surface area contributed by atoms with Gasteiger partial charge in [-0.2, -0.15) is 0 Å². The molecule has 4 nitrogen and oxygen atoms in total. The van der Waals surface area contributed by atoms with Crippen molar-refractivity contribution in [1.82, 2.24) is 5.32 Å². The monoisotopic (exact) mass is 251 g/mol. The Balaban J connectivity index is 2.13. The predicted molar refractivity (Wildman–Crippen MR) is 70.5 cm³/mol. The lowest BCUT2D eigenvalue weighted by molar-refractivity contribution is -0.137. The van der Waals surface area contributed by atoms with E-state index in [2.05, 4.69) is 12.2 Å². The summed E-state index contributed by atoms with van der Waals surface area (Å²) in [5.74, 6) is -0.0310. The predicted octanol–water partition coefficient (Wildman–Crippen LogP) is 2.37. The first kappa shape index (κ1) is 14.5. The summed E-state index contributed by atoms with van der Waals surface area (Å²) in [6.45, 7) is 3.65. The topological polar surface area (TPSA) is 69.6 Å². The molecule has 1 aromatic carbocycles. The molecule has 0 spiro atoms. The minimum Gasteiger partial charge on any atom is -0.508 e. The van der Waals surface area contributed by atoms with Gasteiger partial charge >= 0.3 is 5.97 Å². The van der Waals surface area contributed by atoms with Crippen LogP contribution in [0.3, 0.4) is 0 Å². The molecule has 1 rings (SSSR count). The van der Waals surface area contributed by atoms with Crippen molar-refractivity contribution in [2.45, 2.75) is 32.7 Å². The Morgan fingerprint density at radius 3 is 2.83 bits per heavy atom. The standard InChI is InChI=1S/C14H21NO3/c1-11(5-6-14(17)18)7-8-15-10-12-3-2-4-13(16)9-12/h2-4,9,11,15-16H,5-8,10H2,1H3,(H,17,18). The number of rotatable bonds is 8. The molecule has 1 aromatic rings. The van der Waals surface area contributed by atoms with Crippen LogP contribution < -0.4 is 5.32 Å². The summed E-state index contributed by atoms with van der Waals surface area (Å²) in [4.78, 5) is 10.4. The molecule has 0 aliphatic rings. The van der Waals surface area contributed by atoms with Crippen molar-refractivity contribution in [2.75, 3.05) is 6.54 Å². The van der Waals surface area contributed by atoms with Gasteiger partial charge in [-0.05, 0) is 43.0 Å². The molecule has 0 aromatic heterocycles. The molecular weight excluding hydrogens is 230 g/mol. The highest BCUT2D eigenvalue weighted by Crippen LogP contribution is 2.11. The summed E-state index contributed by atoms with van der Waals surface area (Å²) in [7, 11) is 0. The van der Waals surface area contributed by atoms with Crippen LogP contribution in [0.25, 0.3) is 0 Å². The van der Waals surface area contributed by atoms with Crippen molar-refractivity contribution in [3.05, 3.63) is 29.8 Å². The molecule has 0 bridgehead atoms. The van der Waals surface area contributed by atoms with Gasteiger partial charge in [-0.15, -0.1) is 0 Å². The molecule has 4 heteroatoms. The fourth-order valence-electron chi connectivity index (χ4n) is 1.76. The molecule has 0 radical (unpaired) electrons. The van der Waals surface area contributed by atoms with E-state index in [9.17, 15) is 9.90 Å². The second kappa shape index (κ2) is 7.71. The van der Waals surface area contributed by atoms with E-state index in [1.165, 1.54) is 0 Å². The first-order valence-corrected chi connectivity index (χ1v) is 6.28. The summed E-state index contributed by atoms with van der Waals surface area (Å²) in [6, 6.07) is 7.17. The number of hydrogen-bond acceptors (Lipinski definition) is 3. The quantitative estimate of drug-likeness (QED) is 0.620. The minimum atomic E-state index is -0.727. The van der Waals surface area contributed by atoms with E-state index >= 15 is 0 Å². The summed E-state index contributed by atoms with van der Waals surface area (Å²) >= 11 is 0. The van der Waals surface area contributed by atoms with Crippen molar-refractivity contribution in [1.29, 1.82) is 0 Å². The summed E-state index contributed by atoms with van der Waals surface area (Å²) < 4.78 is 0. The highest BCUT2D eigenvalue weighted by Gasteiger charge is 2.05. The average Bonchev–Trinajstić information content (AvgIpc) is 2.32. The van der Waals surface area contributed by atoms with E-state index in [-0.39, 0.29) is 12.2 Å². The number of phenols is 1. The van der Waals surface area contributed by atoms with Crippen molar-refractivity contribution >= 4 is 5.97 Å². The lowest BCUT2D eigenvalue weighted by Crippen LogP contribution is -2.17. The van der Waals surface area contributed by atoms with E-state index in [0.717, 1.165) is 31.5 Å². The maximum Gasteiger partial charge on any atom is 0.303 e. The smallest absolute Gasteiger partial charge is 0.303 e. The van der Waals surface area contributed by atoms with Gasteiger partial charge < -0.3 is 15.5 Å². The first-order chi connectivity index (χ1) is 8.58. The van der Waals surface area contributed by atoms with Crippen LogP contribution in [0.4, 0.5) is 0 Å². The maximum atomic E-state index is 10.4. The van der Waals surface area contributed by atoms with E-state index in [1.54, 1.807) is 12.1 Å². The maximum absolute atomic E-state index is 10.4. The number of aromatic hydroxyl groups is 1. The van der Waals surface area contributed by atoms with Crippen molar-refractivity contribution in [3.8, 4) is 5.75 Å². The fourth-order valence-corrected chi connectivity index (χ4v) is 1.76. The number of hydrogen-bond donors (Lipinski definition) is 3. The molecule has 0 fully saturated rings. The molecule has 100 valence electrons. The van der Waals surface area contributed by atoms with E-state index in [4.69, 9.17) is 5.11 Å². The van der Waals surface area contributed by atoms with Gasteiger partial charge in [0, 0.05) is 13.0 Å². The third-order valence-corrected chi connectivity index (χ3v) is 2.90. The summed E-state index contributed by atoms with van der Waals surface area (Å²) in [5.41, 5.74) is 1.05. The fraction of sp³-hybridized carbons (Fsp3) is 0.500. The van der Waals surface area contributed by atoms with E-state index in [1.807, 2.05) is 12.1 Å². The molecule has 1 unspecified atom stereocenters. The molecule has 3 N–H and O–H groups in total. The number of phenolic OH excluding ortho intramolecular Hbond substituents is 1. The number of carbonyl (C=O) groups is 1. The largest absolute Gasteiger partial charge is 0.508 e. The highest BCUT2D eigenvalue weighted by molar-refractivity contribution is 5.66. The average molecular weight is 251 g/mol. The molecular formula is C14H21NO3. The Labute approximate surface area is 108 Å². The van der Waals surface area contributed by atoms with Crippen molar-refractivity contribution in [3.63, 3.8) is 0 Å². The second-order valence-electron chi connectivity index (χ2n) is 4.67. The van der Waals surface area contributed by atoms with Gasteiger partial charge in [0.25, 0.3) is 0 Å². The zero-order valence-corrected chi connectivity index (χ0v) is 10.7. The van der Waals surface area contributed by atoms with Crippen LogP contribution in [-0.2, 0) is 11.3 Å². The third kappa shape index (κ3) is 6.25. The van der Waals surface area contributed by atoms with Gasteiger partial charge in [0.15, 0.2) is 0 Å². The molecule has 0 aliphatic carbocycles. The zero-order valence-electron chi connectivity index (χ0n) is 10.7. The number of nitrogens with one attached hydrogen (secondary N) is 1. The number of aliphatic carboxylic acids is 1. The van der Waals surface area contributed by atoms with Gasteiger partial charge in [-0.3, -0.25) is 4.79 Å². The lowest BCUT2D eigenvalue weighted by Gasteiger charge is -2.10. The second-order valence-corrected chi connectivity index (χ2v) is 4.67. The lowest BCUT2D eigenvalue weighted by atomic mass is 10.0. The molecule has 0 saturated carbocycles. The van der Waals surface area contributed by atoms with Gasteiger partial charge in [-0.1, -0.05) is 19.1 Å². The molecule has 1 atom stereocenters. The first-order valence-electron chi connectivity index (χ1n) is 6.28. The molecule has 0 heterocycles. The Hall–Kier alpha value is -1.55. The van der Waals surface area contributed by atoms with Gasteiger partial charge in [-0.25, -0.2) is 0 Å². The zero-order chi connectivity index (χ0) is 13.4. The Bertz CT molecular complexity index is 379. The number of carboxylic acids is 1. The molecule has 18 heavy (non-hydrogen) atoms. The molecule has 0 amide bonds. The summed E-state index contributed by atoms with van der Waals surface area (Å²) in [5, 5.41) is 21.2. The van der Waals surface area contributed by atoms with Crippen molar-refractivity contribution in [2.24, 2.45) is 5.92 Å². The summed E-state index contributed by atoms with van der Waals surface area (Å²) in [6.07, 6.45) is 1.93. The van der Waals surface area contributed by atoms with Crippen LogP contribution in [0.15, 0.2) is 24.3 Å². The van der Waals surface area contributed by atoms with Crippen LogP contribution in [0.5, 0.6) is 5.75 Å². The van der Waals surface area contributed by atoms with Gasteiger partial charge in [0.05, 0.1) is 0 Å². The van der Waals surface area contributed by atoms with Crippen LogP contribution >= 0.6 is 0 Å². The SMILES string of the molecule is CC(CCNCc1cccc(O)c1)CCC(=O)O. The van der Waals surface area contributed by atoms with Crippen LogP contribution in [0, 0.1) is 5.92 Å². The van der Waals surface area contributed by atoms with Crippen LogP contribution in [-0.4, -0.2) is 22.7 Å². The van der Waals surface area contributed by atoms with Gasteiger partial charge in [0.2, 0.25) is 0 Å².